The summed E-state index contributed by atoms with van der Waals surface area (Å²) in [5.41, 5.74) is 3.67. The molecule has 0 atom stereocenters. The Hall–Kier alpha value is -1.94. The van der Waals surface area contributed by atoms with Crippen LogP contribution in [0.2, 0.25) is 0 Å². The second-order valence-corrected chi connectivity index (χ2v) is 4.46. The fraction of sp³-hybridized carbons (Fsp3) is 0.286. The normalized spacial score (nSPS) is 13.4. The molecule has 0 unspecified atom stereocenters. The van der Waals surface area contributed by atoms with Gasteiger partial charge in [-0.25, -0.2) is 9.97 Å². The predicted molar refractivity (Wildman–Crippen MR) is 68.1 cm³/mol. The fourth-order valence-electron chi connectivity index (χ4n) is 2.02. The Kier molecular flexibility index (Phi) is 2.94. The van der Waals surface area contributed by atoms with E-state index < -0.39 is 0 Å². The second kappa shape index (κ2) is 4.74. The highest BCUT2D eigenvalue weighted by molar-refractivity contribution is 5.37. The molecule has 0 saturated heterocycles. The van der Waals surface area contributed by atoms with E-state index in [9.17, 15) is 0 Å². The van der Waals surface area contributed by atoms with Gasteiger partial charge in [0.15, 0.2) is 0 Å². The molecule has 0 saturated carbocycles. The monoisotopic (exact) mass is 241 g/mol. The van der Waals surface area contributed by atoms with Gasteiger partial charge in [-0.1, -0.05) is 6.07 Å². The molecule has 0 amide bonds. The molecule has 0 aliphatic carbocycles. The largest absolute Gasteiger partial charge is 0.489 e. The zero-order valence-corrected chi connectivity index (χ0v) is 10.3. The van der Waals surface area contributed by atoms with Gasteiger partial charge in [0.1, 0.15) is 18.2 Å². The number of hydrogen-bond donors (Lipinski definition) is 1. The van der Waals surface area contributed by atoms with E-state index in [1.165, 1.54) is 11.1 Å². The highest BCUT2D eigenvalue weighted by Crippen LogP contribution is 2.22. The molecule has 1 aliphatic heterocycles. The molecule has 1 N–H and O–H groups in total. The molecule has 0 spiro atoms. The first-order valence-electron chi connectivity index (χ1n) is 6.04. The van der Waals surface area contributed by atoms with Gasteiger partial charge in [-0.15, -0.1) is 0 Å². The van der Waals surface area contributed by atoms with Gasteiger partial charge in [-0.05, 0) is 30.2 Å². The lowest BCUT2D eigenvalue weighted by atomic mass is 10.1. The second-order valence-electron chi connectivity index (χ2n) is 4.46. The van der Waals surface area contributed by atoms with Crippen LogP contribution in [0.3, 0.4) is 0 Å². The maximum absolute atomic E-state index is 5.75. The Morgan fingerprint density at radius 1 is 1.17 bits per heavy atom. The van der Waals surface area contributed by atoms with Crippen LogP contribution in [0.25, 0.3) is 0 Å². The van der Waals surface area contributed by atoms with Crippen molar-refractivity contribution in [2.75, 3.05) is 0 Å². The molecule has 3 rings (SSSR count). The van der Waals surface area contributed by atoms with Crippen LogP contribution in [0.1, 0.15) is 22.5 Å². The molecule has 2 aromatic rings. The van der Waals surface area contributed by atoms with Crippen LogP contribution >= 0.6 is 0 Å². The quantitative estimate of drug-likeness (QED) is 0.892. The molecule has 92 valence electrons. The van der Waals surface area contributed by atoms with Crippen molar-refractivity contribution >= 4 is 0 Å². The summed E-state index contributed by atoms with van der Waals surface area (Å²) in [5, 5.41) is 3.32. The smallest absolute Gasteiger partial charge is 0.125 e. The van der Waals surface area contributed by atoms with Gasteiger partial charge in [-0.2, -0.15) is 0 Å². The Balaban J connectivity index is 1.68. The van der Waals surface area contributed by atoms with Crippen molar-refractivity contribution in [3.05, 3.63) is 53.1 Å². The van der Waals surface area contributed by atoms with E-state index in [1.807, 2.05) is 13.0 Å². The maximum atomic E-state index is 5.75. The maximum Gasteiger partial charge on any atom is 0.125 e. The Labute approximate surface area is 106 Å². The lowest BCUT2D eigenvalue weighted by Crippen LogP contribution is -2.00. The van der Waals surface area contributed by atoms with Crippen molar-refractivity contribution in [1.82, 2.24) is 15.3 Å². The van der Waals surface area contributed by atoms with Gasteiger partial charge in [-0.3, -0.25) is 0 Å². The molecule has 0 radical (unpaired) electrons. The van der Waals surface area contributed by atoms with Gasteiger partial charge in [0.25, 0.3) is 0 Å². The number of aromatic nitrogens is 2. The summed E-state index contributed by atoms with van der Waals surface area (Å²) in [7, 11) is 0. The van der Waals surface area contributed by atoms with Gasteiger partial charge < -0.3 is 10.1 Å². The molecule has 1 aromatic carbocycles. The zero-order valence-electron chi connectivity index (χ0n) is 10.3. The lowest BCUT2D eigenvalue weighted by Gasteiger charge is -2.07. The van der Waals surface area contributed by atoms with Gasteiger partial charge >= 0.3 is 0 Å². The van der Waals surface area contributed by atoms with Crippen LogP contribution in [0.15, 0.2) is 30.6 Å². The van der Waals surface area contributed by atoms with Crippen molar-refractivity contribution < 1.29 is 4.74 Å². The average molecular weight is 241 g/mol. The summed E-state index contributed by atoms with van der Waals surface area (Å²) in [5.74, 6) is 1.68. The van der Waals surface area contributed by atoms with Crippen LogP contribution in [-0.2, 0) is 19.7 Å². The van der Waals surface area contributed by atoms with E-state index in [2.05, 4.69) is 27.4 Å². The Morgan fingerprint density at radius 2 is 1.94 bits per heavy atom. The standard InChI is InChI=1S/C14H15N3O/c1-10-16-5-11(6-17-10)9-18-14-3-2-12-7-15-8-13(12)4-14/h2-6,15H,7-9H2,1H3. The van der Waals surface area contributed by atoms with E-state index in [-0.39, 0.29) is 0 Å². The van der Waals surface area contributed by atoms with E-state index >= 15 is 0 Å². The van der Waals surface area contributed by atoms with Crippen molar-refractivity contribution in [2.45, 2.75) is 26.6 Å². The number of nitrogens with zero attached hydrogens (tertiary/aromatic N) is 2. The number of rotatable bonds is 3. The SMILES string of the molecule is Cc1ncc(COc2ccc3c(c2)CNC3)cn1. The molecule has 2 heterocycles. The predicted octanol–water partition coefficient (Wildman–Crippen LogP) is 1.97. The van der Waals surface area contributed by atoms with Crippen LogP contribution in [0.5, 0.6) is 5.75 Å². The third kappa shape index (κ3) is 2.33. The summed E-state index contributed by atoms with van der Waals surface area (Å²) >= 11 is 0. The van der Waals surface area contributed by atoms with Crippen molar-refractivity contribution in [3.8, 4) is 5.75 Å². The van der Waals surface area contributed by atoms with Crippen LogP contribution in [0.4, 0.5) is 0 Å². The first-order chi connectivity index (χ1) is 8.81. The van der Waals surface area contributed by atoms with Gasteiger partial charge in [0.2, 0.25) is 0 Å². The van der Waals surface area contributed by atoms with Crippen LogP contribution in [-0.4, -0.2) is 9.97 Å². The topological polar surface area (TPSA) is 47.0 Å². The Bertz CT molecular complexity index is 551. The summed E-state index contributed by atoms with van der Waals surface area (Å²) in [6, 6.07) is 6.24. The van der Waals surface area contributed by atoms with E-state index in [1.54, 1.807) is 12.4 Å². The fourth-order valence-corrected chi connectivity index (χ4v) is 2.02. The first kappa shape index (κ1) is 11.2. The highest BCUT2D eigenvalue weighted by atomic mass is 16.5. The van der Waals surface area contributed by atoms with Gasteiger partial charge in [0, 0.05) is 31.0 Å². The number of hydrogen-bond acceptors (Lipinski definition) is 4. The molecule has 1 aliphatic rings. The molecular weight excluding hydrogens is 226 g/mol. The lowest BCUT2D eigenvalue weighted by molar-refractivity contribution is 0.305. The average Bonchev–Trinajstić information content (AvgIpc) is 2.85. The third-order valence-electron chi connectivity index (χ3n) is 3.05. The molecular formula is C14H15N3O. The van der Waals surface area contributed by atoms with E-state index in [0.29, 0.717) is 6.61 Å². The minimum atomic E-state index is 0.506. The number of fused-ring (bicyclic) bond motifs is 1. The summed E-state index contributed by atoms with van der Waals surface area (Å²) in [6.45, 7) is 4.27. The zero-order chi connectivity index (χ0) is 12.4. The number of aryl methyl sites for hydroxylation is 1. The molecule has 0 fully saturated rings. The number of nitrogens with one attached hydrogen (secondary N) is 1. The van der Waals surface area contributed by atoms with Crippen LogP contribution < -0.4 is 10.1 Å². The van der Waals surface area contributed by atoms with E-state index in [0.717, 1.165) is 30.2 Å². The van der Waals surface area contributed by atoms with Crippen molar-refractivity contribution in [3.63, 3.8) is 0 Å². The van der Waals surface area contributed by atoms with Crippen molar-refractivity contribution in [2.24, 2.45) is 0 Å². The first-order valence-corrected chi connectivity index (χ1v) is 6.04. The number of ether oxygens (including phenoxy) is 1. The van der Waals surface area contributed by atoms with Crippen molar-refractivity contribution in [1.29, 1.82) is 0 Å². The minimum absolute atomic E-state index is 0.506. The molecule has 1 aromatic heterocycles. The summed E-state index contributed by atoms with van der Waals surface area (Å²) in [6.07, 6.45) is 3.61. The summed E-state index contributed by atoms with van der Waals surface area (Å²) < 4.78 is 5.75. The van der Waals surface area contributed by atoms with E-state index in [4.69, 9.17) is 4.74 Å². The number of benzene rings is 1. The molecule has 4 nitrogen and oxygen atoms in total. The van der Waals surface area contributed by atoms with Crippen LogP contribution in [0, 0.1) is 6.92 Å². The highest BCUT2D eigenvalue weighted by Gasteiger charge is 2.10. The summed E-state index contributed by atoms with van der Waals surface area (Å²) in [4.78, 5) is 8.30. The molecule has 18 heavy (non-hydrogen) atoms. The molecule has 4 heteroatoms. The third-order valence-corrected chi connectivity index (χ3v) is 3.05. The minimum Gasteiger partial charge on any atom is -0.489 e. The van der Waals surface area contributed by atoms with Gasteiger partial charge in [0.05, 0.1) is 0 Å². The molecule has 0 bridgehead atoms. The Morgan fingerprint density at radius 3 is 2.78 bits per heavy atom.